The number of aliphatic hydroxyl groups excluding tert-OH is 1. The predicted octanol–water partition coefficient (Wildman–Crippen LogP) is 4.60. The topological polar surface area (TPSA) is 59.3 Å². The lowest BCUT2D eigenvalue weighted by Gasteiger charge is -2.24. The number of nitrogens with zero attached hydrogens (tertiary/aromatic N) is 2. The van der Waals surface area contributed by atoms with E-state index >= 15 is 0 Å². The highest BCUT2D eigenvalue weighted by atomic mass is 19.1. The summed E-state index contributed by atoms with van der Waals surface area (Å²) in [4.78, 5) is 0. The zero-order chi connectivity index (χ0) is 22.0. The average molecular weight is 427 g/mol. The Kier molecular flexibility index (Phi) is 6.34. The van der Waals surface area contributed by atoms with E-state index in [0.29, 0.717) is 18.0 Å². The highest BCUT2D eigenvalue weighted by Gasteiger charge is 2.25. The van der Waals surface area contributed by atoms with Gasteiger partial charge in [-0.3, -0.25) is 0 Å². The first-order chi connectivity index (χ1) is 14.9. The monoisotopic (exact) mass is 427 g/mol. The summed E-state index contributed by atoms with van der Waals surface area (Å²) in [5.41, 5.74) is 4.24. The van der Waals surface area contributed by atoms with E-state index in [0.717, 1.165) is 47.7 Å². The molecular formula is C24H27F2N3O2. The number of fused-ring (bicyclic) bond motifs is 1. The molecule has 4 rings (SSSR count). The van der Waals surface area contributed by atoms with E-state index in [9.17, 15) is 13.9 Å². The summed E-state index contributed by atoms with van der Waals surface area (Å²) in [6.07, 6.45) is 4.54. The van der Waals surface area contributed by atoms with E-state index in [1.165, 1.54) is 12.1 Å². The average Bonchev–Trinajstić information content (AvgIpc) is 3.16. The number of halogens is 2. The first-order valence-electron chi connectivity index (χ1n) is 10.6. The van der Waals surface area contributed by atoms with Crippen LogP contribution in [0.1, 0.15) is 55.1 Å². The molecule has 0 bridgehead atoms. The first-order valence-corrected chi connectivity index (χ1v) is 10.6. The molecule has 164 valence electrons. The van der Waals surface area contributed by atoms with Crippen molar-refractivity contribution in [2.75, 3.05) is 0 Å². The molecule has 31 heavy (non-hydrogen) atoms. The van der Waals surface area contributed by atoms with Gasteiger partial charge in [0.2, 0.25) is 0 Å². The van der Waals surface area contributed by atoms with Gasteiger partial charge < -0.3 is 15.2 Å². The van der Waals surface area contributed by atoms with Crippen molar-refractivity contribution in [3.05, 3.63) is 76.6 Å². The normalized spacial score (nSPS) is 15.9. The van der Waals surface area contributed by atoms with Crippen LogP contribution in [0, 0.1) is 11.6 Å². The quantitative estimate of drug-likeness (QED) is 0.579. The van der Waals surface area contributed by atoms with Crippen LogP contribution in [-0.4, -0.2) is 21.0 Å². The minimum atomic E-state index is -0.616. The molecule has 1 aliphatic carbocycles. The van der Waals surface area contributed by atoms with Gasteiger partial charge in [0.1, 0.15) is 17.4 Å². The highest BCUT2D eigenvalue weighted by Crippen LogP contribution is 2.32. The van der Waals surface area contributed by atoms with Gasteiger partial charge in [0.25, 0.3) is 0 Å². The minimum absolute atomic E-state index is 0.0398. The summed E-state index contributed by atoms with van der Waals surface area (Å²) in [7, 11) is 0. The van der Waals surface area contributed by atoms with Crippen molar-refractivity contribution in [3.63, 3.8) is 0 Å². The third-order valence-electron chi connectivity index (χ3n) is 5.49. The van der Waals surface area contributed by atoms with Crippen molar-refractivity contribution in [3.8, 4) is 11.4 Å². The number of benzene rings is 2. The van der Waals surface area contributed by atoms with Crippen LogP contribution in [0.4, 0.5) is 8.78 Å². The lowest BCUT2D eigenvalue weighted by atomic mass is 9.92. The Morgan fingerprint density at radius 3 is 2.68 bits per heavy atom. The molecule has 5 nitrogen and oxygen atoms in total. The number of hydrogen-bond acceptors (Lipinski definition) is 4. The summed E-state index contributed by atoms with van der Waals surface area (Å²) in [5.74, 6) is -0.534. The molecule has 0 spiro atoms. The number of rotatable bonds is 7. The summed E-state index contributed by atoms with van der Waals surface area (Å²) >= 11 is 0. The van der Waals surface area contributed by atoms with Crippen molar-refractivity contribution < 1.29 is 18.6 Å². The van der Waals surface area contributed by atoms with Gasteiger partial charge >= 0.3 is 0 Å². The summed E-state index contributed by atoms with van der Waals surface area (Å²) in [6.45, 7) is 4.45. The zero-order valence-electron chi connectivity index (χ0n) is 17.7. The molecule has 1 atom stereocenters. The molecule has 0 saturated heterocycles. The van der Waals surface area contributed by atoms with Crippen LogP contribution in [0.25, 0.3) is 5.69 Å². The Bertz CT molecular complexity index is 1040. The Labute approximate surface area is 180 Å². The van der Waals surface area contributed by atoms with Crippen LogP contribution in [0.2, 0.25) is 0 Å². The molecule has 2 aromatic carbocycles. The fraction of sp³-hybridized carbons (Fsp3) is 0.375. The number of nitrogens with one attached hydrogen (secondary N) is 1. The van der Waals surface area contributed by atoms with Gasteiger partial charge in [0.05, 0.1) is 24.6 Å². The Morgan fingerprint density at radius 2 is 1.97 bits per heavy atom. The third kappa shape index (κ3) is 4.78. The molecule has 0 fully saturated rings. The number of aliphatic hydroxyl groups is 1. The molecule has 2 N–H and O–H groups in total. The SMILES string of the molecule is CC(C)Oc1ccc(CNC2CCCc3c2cnn3-c2cc(F)cc(F)c2)cc1CO. The van der Waals surface area contributed by atoms with Crippen molar-refractivity contribution in [1.82, 2.24) is 15.1 Å². The van der Waals surface area contributed by atoms with Crippen LogP contribution < -0.4 is 10.1 Å². The molecule has 0 saturated carbocycles. The Hall–Kier alpha value is -2.77. The molecule has 0 amide bonds. The molecule has 1 heterocycles. The maximum absolute atomic E-state index is 13.7. The third-order valence-corrected chi connectivity index (χ3v) is 5.49. The van der Waals surface area contributed by atoms with Crippen LogP contribution in [-0.2, 0) is 19.6 Å². The summed E-state index contributed by atoms with van der Waals surface area (Å²) in [5, 5.41) is 17.7. The standard InChI is InChI=1S/C24H27F2N3O2/c1-15(2)31-24-7-6-16(8-17(24)14-30)12-27-22-4-3-5-23-21(22)13-28-29(23)20-10-18(25)9-19(26)11-20/h6-11,13,15,22,27,30H,3-5,12,14H2,1-2H3. The van der Waals surface area contributed by atoms with Crippen molar-refractivity contribution >= 4 is 0 Å². The van der Waals surface area contributed by atoms with E-state index in [-0.39, 0.29) is 18.8 Å². The van der Waals surface area contributed by atoms with Gasteiger partial charge in [-0.2, -0.15) is 5.10 Å². The summed E-state index contributed by atoms with van der Waals surface area (Å²) in [6, 6.07) is 9.39. The number of hydrogen-bond donors (Lipinski definition) is 2. The van der Waals surface area contributed by atoms with Gasteiger partial charge in [-0.25, -0.2) is 13.5 Å². The molecule has 7 heteroatoms. The van der Waals surface area contributed by atoms with Crippen molar-refractivity contribution in [2.45, 2.75) is 58.4 Å². The lowest BCUT2D eigenvalue weighted by molar-refractivity contribution is 0.225. The molecule has 1 aliphatic rings. The summed E-state index contributed by atoms with van der Waals surface area (Å²) < 4.78 is 34.7. The smallest absolute Gasteiger partial charge is 0.128 e. The molecule has 1 aromatic heterocycles. The van der Waals surface area contributed by atoms with Gasteiger partial charge in [-0.05, 0) is 62.9 Å². The van der Waals surface area contributed by atoms with Crippen LogP contribution >= 0.6 is 0 Å². The van der Waals surface area contributed by atoms with E-state index in [1.54, 1.807) is 10.9 Å². The maximum atomic E-state index is 13.7. The lowest BCUT2D eigenvalue weighted by Crippen LogP contribution is -2.25. The number of ether oxygens (including phenoxy) is 1. The highest BCUT2D eigenvalue weighted by molar-refractivity contribution is 5.39. The van der Waals surface area contributed by atoms with E-state index in [2.05, 4.69) is 10.4 Å². The van der Waals surface area contributed by atoms with E-state index < -0.39 is 11.6 Å². The fourth-order valence-corrected chi connectivity index (χ4v) is 4.13. The fourth-order valence-electron chi connectivity index (χ4n) is 4.13. The molecular weight excluding hydrogens is 400 g/mol. The second-order valence-electron chi connectivity index (χ2n) is 8.18. The zero-order valence-corrected chi connectivity index (χ0v) is 17.7. The van der Waals surface area contributed by atoms with Gasteiger partial charge in [0.15, 0.2) is 0 Å². The largest absolute Gasteiger partial charge is 0.491 e. The van der Waals surface area contributed by atoms with Crippen molar-refractivity contribution in [2.24, 2.45) is 0 Å². The molecule has 3 aromatic rings. The number of aromatic nitrogens is 2. The Morgan fingerprint density at radius 1 is 1.19 bits per heavy atom. The van der Waals surface area contributed by atoms with Crippen LogP contribution in [0.5, 0.6) is 5.75 Å². The van der Waals surface area contributed by atoms with E-state index in [4.69, 9.17) is 4.74 Å². The van der Waals surface area contributed by atoms with Crippen molar-refractivity contribution in [1.29, 1.82) is 0 Å². The molecule has 0 radical (unpaired) electrons. The second kappa shape index (κ2) is 9.16. The first kappa shape index (κ1) is 21.5. The Balaban J connectivity index is 1.51. The van der Waals surface area contributed by atoms with Crippen LogP contribution in [0.15, 0.2) is 42.6 Å². The maximum Gasteiger partial charge on any atom is 0.128 e. The van der Waals surface area contributed by atoms with E-state index in [1.807, 2.05) is 32.0 Å². The van der Waals surface area contributed by atoms with Gasteiger partial charge in [0, 0.05) is 35.5 Å². The van der Waals surface area contributed by atoms with Gasteiger partial charge in [-0.15, -0.1) is 0 Å². The van der Waals surface area contributed by atoms with Crippen LogP contribution in [0.3, 0.4) is 0 Å². The van der Waals surface area contributed by atoms with Gasteiger partial charge in [-0.1, -0.05) is 6.07 Å². The molecule has 0 aliphatic heterocycles. The molecule has 1 unspecified atom stereocenters. The second-order valence-corrected chi connectivity index (χ2v) is 8.18. The minimum Gasteiger partial charge on any atom is -0.491 e. The predicted molar refractivity (Wildman–Crippen MR) is 114 cm³/mol.